The molecule has 0 bridgehead atoms. The van der Waals surface area contributed by atoms with Gasteiger partial charge in [-0.3, -0.25) is 10.1 Å². The lowest BCUT2D eigenvalue weighted by Gasteiger charge is -2.08. The van der Waals surface area contributed by atoms with E-state index in [1.54, 1.807) is 0 Å². The van der Waals surface area contributed by atoms with Gasteiger partial charge in [0.15, 0.2) is 5.71 Å². The van der Waals surface area contributed by atoms with Crippen LogP contribution in [0, 0.1) is 10.1 Å². The van der Waals surface area contributed by atoms with Gasteiger partial charge in [0.2, 0.25) is 0 Å². The van der Waals surface area contributed by atoms with Gasteiger partial charge in [-0.1, -0.05) is 17.3 Å². The van der Waals surface area contributed by atoms with Crippen molar-refractivity contribution in [2.45, 2.75) is 6.18 Å². The van der Waals surface area contributed by atoms with Gasteiger partial charge in [0.25, 0.3) is 5.69 Å². The maximum absolute atomic E-state index is 12.3. The third-order valence-electron chi connectivity index (χ3n) is 1.72. The van der Waals surface area contributed by atoms with Crippen LogP contribution in [0.4, 0.5) is 18.9 Å². The first kappa shape index (κ1) is 12.0. The van der Waals surface area contributed by atoms with Crippen molar-refractivity contribution >= 4 is 11.4 Å². The van der Waals surface area contributed by atoms with E-state index >= 15 is 0 Å². The van der Waals surface area contributed by atoms with Gasteiger partial charge in [-0.05, 0) is 6.07 Å². The summed E-state index contributed by atoms with van der Waals surface area (Å²) >= 11 is 0. The lowest BCUT2D eigenvalue weighted by atomic mass is 10.1. The molecule has 5 nitrogen and oxygen atoms in total. The predicted molar refractivity (Wildman–Crippen MR) is 47.5 cm³/mol. The summed E-state index contributed by atoms with van der Waals surface area (Å²) in [6, 6.07) is 4.15. The summed E-state index contributed by atoms with van der Waals surface area (Å²) in [5.41, 5.74) is -3.24. The number of alkyl halides is 3. The van der Waals surface area contributed by atoms with E-state index in [1.807, 2.05) is 0 Å². The zero-order chi connectivity index (χ0) is 12.3. The van der Waals surface area contributed by atoms with Crippen LogP contribution >= 0.6 is 0 Å². The number of benzene rings is 1. The van der Waals surface area contributed by atoms with Gasteiger partial charge in [0.1, 0.15) is 0 Å². The van der Waals surface area contributed by atoms with Gasteiger partial charge in [-0.2, -0.15) is 13.2 Å². The average molecular weight is 234 g/mol. The summed E-state index contributed by atoms with van der Waals surface area (Å²) in [5, 5.41) is 20.8. The molecule has 0 spiro atoms. The lowest BCUT2D eigenvalue weighted by molar-refractivity contribution is -0.385. The van der Waals surface area contributed by atoms with Crippen molar-refractivity contribution in [3.05, 3.63) is 39.9 Å². The van der Waals surface area contributed by atoms with E-state index in [4.69, 9.17) is 5.21 Å². The van der Waals surface area contributed by atoms with E-state index in [9.17, 15) is 23.3 Å². The van der Waals surface area contributed by atoms with Crippen LogP contribution in [-0.2, 0) is 0 Å². The fourth-order valence-electron chi connectivity index (χ4n) is 1.10. The van der Waals surface area contributed by atoms with Gasteiger partial charge in [0.05, 0.1) is 10.5 Å². The summed E-state index contributed by atoms with van der Waals surface area (Å²) in [4.78, 5) is 9.49. The Morgan fingerprint density at radius 3 is 2.38 bits per heavy atom. The van der Waals surface area contributed by atoms with Gasteiger partial charge in [-0.15, -0.1) is 0 Å². The first-order valence-corrected chi connectivity index (χ1v) is 3.91. The largest absolute Gasteiger partial charge is 0.437 e. The number of oxime groups is 1. The van der Waals surface area contributed by atoms with Crippen molar-refractivity contribution in [1.82, 2.24) is 0 Å². The van der Waals surface area contributed by atoms with Crippen LogP contribution < -0.4 is 0 Å². The molecule has 0 aromatic heterocycles. The molecule has 0 aliphatic rings. The highest BCUT2D eigenvalue weighted by molar-refractivity contribution is 6.07. The minimum atomic E-state index is -4.96. The van der Waals surface area contributed by atoms with Crippen molar-refractivity contribution in [1.29, 1.82) is 0 Å². The Hall–Kier alpha value is -2.12. The second-order valence-corrected chi connectivity index (χ2v) is 2.72. The molecule has 0 saturated carbocycles. The molecule has 0 fully saturated rings. The number of nitro groups is 1. The number of halogens is 3. The van der Waals surface area contributed by atoms with Crippen molar-refractivity contribution in [3.8, 4) is 0 Å². The van der Waals surface area contributed by atoms with Crippen molar-refractivity contribution in [2.75, 3.05) is 0 Å². The van der Waals surface area contributed by atoms with E-state index < -0.39 is 28.1 Å². The third-order valence-corrected chi connectivity index (χ3v) is 1.72. The minimum Gasteiger partial charge on any atom is -0.410 e. The molecular formula is C8H5F3N2O3. The molecule has 0 amide bonds. The lowest BCUT2D eigenvalue weighted by Crippen LogP contribution is -2.24. The van der Waals surface area contributed by atoms with Crippen molar-refractivity contribution in [2.24, 2.45) is 5.16 Å². The van der Waals surface area contributed by atoms with Gasteiger partial charge < -0.3 is 5.21 Å². The first-order valence-electron chi connectivity index (χ1n) is 3.91. The molecule has 1 aromatic rings. The summed E-state index contributed by atoms with van der Waals surface area (Å²) in [5.74, 6) is 0. The number of nitrogens with zero attached hydrogens (tertiary/aromatic N) is 2. The van der Waals surface area contributed by atoms with Crippen LogP contribution in [0.3, 0.4) is 0 Å². The molecule has 1 rings (SSSR count). The van der Waals surface area contributed by atoms with Crippen LogP contribution in [-0.4, -0.2) is 22.0 Å². The minimum absolute atomic E-state index is 0.771. The van der Waals surface area contributed by atoms with E-state index in [1.165, 1.54) is 12.1 Å². The zero-order valence-corrected chi connectivity index (χ0v) is 7.60. The molecule has 0 aliphatic heterocycles. The normalized spacial score (nSPS) is 12.6. The Morgan fingerprint density at radius 1 is 1.38 bits per heavy atom. The fourth-order valence-corrected chi connectivity index (χ4v) is 1.10. The molecule has 0 heterocycles. The molecule has 8 heteroatoms. The topological polar surface area (TPSA) is 75.7 Å². The van der Waals surface area contributed by atoms with Crippen LogP contribution in [0.2, 0.25) is 0 Å². The molecule has 86 valence electrons. The molecule has 16 heavy (non-hydrogen) atoms. The Bertz CT molecular complexity index is 442. The summed E-state index contributed by atoms with van der Waals surface area (Å²) in [7, 11) is 0. The Kier molecular flexibility index (Phi) is 3.11. The number of nitro benzene ring substituents is 1. The van der Waals surface area contributed by atoms with Crippen molar-refractivity contribution < 1.29 is 23.3 Å². The smallest absolute Gasteiger partial charge is 0.410 e. The maximum atomic E-state index is 12.3. The molecule has 1 aromatic carbocycles. The molecular weight excluding hydrogens is 229 g/mol. The second-order valence-electron chi connectivity index (χ2n) is 2.72. The van der Waals surface area contributed by atoms with E-state index in [-0.39, 0.29) is 0 Å². The quantitative estimate of drug-likeness (QED) is 0.369. The molecule has 0 unspecified atom stereocenters. The van der Waals surface area contributed by atoms with Gasteiger partial charge in [-0.25, -0.2) is 0 Å². The zero-order valence-electron chi connectivity index (χ0n) is 7.60. The highest BCUT2D eigenvalue weighted by atomic mass is 19.4. The summed E-state index contributed by atoms with van der Waals surface area (Å²) in [6.07, 6.45) is -4.96. The van der Waals surface area contributed by atoms with E-state index in [2.05, 4.69) is 5.16 Å². The summed E-state index contributed by atoms with van der Waals surface area (Å²) in [6.45, 7) is 0. The third kappa shape index (κ3) is 2.27. The van der Waals surface area contributed by atoms with Crippen molar-refractivity contribution in [3.63, 3.8) is 0 Å². The van der Waals surface area contributed by atoms with Crippen LogP contribution in [0.25, 0.3) is 0 Å². The van der Waals surface area contributed by atoms with Gasteiger partial charge in [0, 0.05) is 6.07 Å². The monoisotopic (exact) mass is 234 g/mol. The standard InChI is InChI=1S/C8H5F3N2O3/c9-8(10,11)7(12-14)5-3-1-2-4-6(5)13(15)16/h1-4,14H. The molecule has 0 atom stereocenters. The SMILES string of the molecule is O=[N+]([O-])c1ccccc1C(=NO)C(F)(F)F. The molecule has 0 radical (unpaired) electrons. The number of para-hydroxylation sites is 1. The molecule has 1 N–H and O–H groups in total. The number of hydrogen-bond acceptors (Lipinski definition) is 4. The van der Waals surface area contributed by atoms with Crippen LogP contribution in [0.5, 0.6) is 0 Å². The highest BCUT2D eigenvalue weighted by Crippen LogP contribution is 2.27. The first-order chi connectivity index (χ1) is 7.38. The van der Waals surface area contributed by atoms with E-state index in [0.29, 0.717) is 0 Å². The highest BCUT2D eigenvalue weighted by Gasteiger charge is 2.40. The maximum Gasteiger partial charge on any atom is 0.437 e. The Labute approximate surface area is 87.0 Å². The van der Waals surface area contributed by atoms with Crippen LogP contribution in [0.15, 0.2) is 29.4 Å². The number of rotatable bonds is 2. The number of hydrogen-bond donors (Lipinski definition) is 1. The van der Waals surface area contributed by atoms with Crippen LogP contribution in [0.1, 0.15) is 5.56 Å². The fraction of sp³-hybridized carbons (Fsp3) is 0.125. The Morgan fingerprint density at radius 2 is 1.94 bits per heavy atom. The second kappa shape index (κ2) is 4.17. The van der Waals surface area contributed by atoms with Gasteiger partial charge >= 0.3 is 6.18 Å². The predicted octanol–water partition coefficient (Wildman–Crippen LogP) is 2.34. The molecule has 0 aliphatic carbocycles. The summed E-state index contributed by atoms with van der Waals surface area (Å²) < 4.78 is 37.0. The Balaban J connectivity index is 3.38. The average Bonchev–Trinajstić information content (AvgIpc) is 2.17. The molecule has 0 saturated heterocycles. The van der Waals surface area contributed by atoms with E-state index in [0.717, 1.165) is 12.1 Å².